The highest BCUT2D eigenvalue weighted by atomic mass is 19.3. The minimum atomic E-state index is -2.85. The topological polar surface area (TPSA) is 70.6 Å². The molecule has 1 fully saturated rings. The summed E-state index contributed by atoms with van der Waals surface area (Å²) in [6, 6.07) is 5.99. The Kier molecular flexibility index (Phi) is 3.84. The molecule has 0 aromatic heterocycles. The fourth-order valence-corrected chi connectivity index (χ4v) is 2.00. The van der Waals surface area contributed by atoms with Crippen LogP contribution in [-0.2, 0) is 4.79 Å². The average Bonchev–Trinajstić information content (AvgIpc) is 2.27. The molecule has 0 spiro atoms. The predicted molar refractivity (Wildman–Crippen MR) is 64.6 cm³/mol. The van der Waals surface area contributed by atoms with Crippen molar-refractivity contribution in [3.63, 3.8) is 0 Å². The van der Waals surface area contributed by atoms with Crippen LogP contribution in [0.25, 0.3) is 0 Å². The molecule has 0 aliphatic carbocycles. The second-order valence-electron chi connectivity index (χ2n) is 4.48. The first-order chi connectivity index (χ1) is 8.99. The lowest BCUT2D eigenvalue weighted by Crippen LogP contribution is -2.65. The molecule has 1 aromatic carbocycles. The van der Waals surface area contributed by atoms with Crippen molar-refractivity contribution >= 4 is 11.7 Å². The van der Waals surface area contributed by atoms with Crippen molar-refractivity contribution in [3.8, 4) is 5.75 Å². The lowest BCUT2D eigenvalue weighted by Gasteiger charge is -2.43. The van der Waals surface area contributed by atoms with E-state index < -0.39 is 18.1 Å². The Hall–Kier alpha value is -1.89. The van der Waals surface area contributed by atoms with Gasteiger partial charge in [-0.3, -0.25) is 4.79 Å². The monoisotopic (exact) mass is 272 g/mol. The number of halogens is 2. The summed E-state index contributed by atoms with van der Waals surface area (Å²) in [6.07, 6.45) is -0.00468. The standard InChI is InChI=1S/C12H14F2N2O3/c13-11(14)19-9-3-1-8(2-4-9)16-12(5-10(17)18)6-15-7-12/h1-4,11,15-16H,5-7H2,(H,17,18). The Morgan fingerprint density at radius 2 is 2.05 bits per heavy atom. The molecule has 3 N–H and O–H groups in total. The third kappa shape index (κ3) is 3.54. The smallest absolute Gasteiger partial charge is 0.387 e. The van der Waals surface area contributed by atoms with Crippen LogP contribution in [-0.4, -0.2) is 36.3 Å². The molecule has 0 saturated carbocycles. The molecule has 2 rings (SSSR count). The van der Waals surface area contributed by atoms with E-state index in [0.717, 1.165) is 0 Å². The number of hydrogen-bond donors (Lipinski definition) is 3. The molecular formula is C12H14F2N2O3. The molecule has 5 nitrogen and oxygen atoms in total. The maximum atomic E-state index is 12.0. The number of anilines is 1. The van der Waals surface area contributed by atoms with Gasteiger partial charge in [-0.05, 0) is 24.3 Å². The first kappa shape index (κ1) is 13.5. The van der Waals surface area contributed by atoms with E-state index in [4.69, 9.17) is 5.11 Å². The summed E-state index contributed by atoms with van der Waals surface area (Å²) >= 11 is 0. The Bertz CT molecular complexity index is 447. The zero-order chi connectivity index (χ0) is 13.9. The van der Waals surface area contributed by atoms with Crippen LogP contribution < -0.4 is 15.4 Å². The van der Waals surface area contributed by atoms with Gasteiger partial charge in [-0.25, -0.2) is 0 Å². The molecule has 0 bridgehead atoms. The summed E-state index contributed by atoms with van der Waals surface area (Å²) in [6.45, 7) is -1.75. The van der Waals surface area contributed by atoms with Crippen LogP contribution in [0.5, 0.6) is 5.75 Å². The third-order valence-electron chi connectivity index (χ3n) is 2.91. The zero-order valence-corrected chi connectivity index (χ0v) is 10.0. The maximum Gasteiger partial charge on any atom is 0.387 e. The van der Waals surface area contributed by atoms with Crippen LogP contribution in [0.4, 0.5) is 14.5 Å². The van der Waals surface area contributed by atoms with E-state index >= 15 is 0 Å². The SMILES string of the molecule is O=C(O)CC1(Nc2ccc(OC(F)F)cc2)CNC1. The second kappa shape index (κ2) is 5.40. The van der Waals surface area contributed by atoms with Gasteiger partial charge >= 0.3 is 12.6 Å². The molecule has 1 aliphatic heterocycles. The van der Waals surface area contributed by atoms with Gasteiger partial charge in [0.15, 0.2) is 0 Å². The number of nitrogens with one attached hydrogen (secondary N) is 2. The van der Waals surface area contributed by atoms with Crippen LogP contribution >= 0.6 is 0 Å². The normalized spacial score (nSPS) is 16.8. The fourth-order valence-electron chi connectivity index (χ4n) is 2.00. The van der Waals surface area contributed by atoms with Crippen molar-refractivity contribution in [2.45, 2.75) is 18.6 Å². The average molecular weight is 272 g/mol. The Morgan fingerprint density at radius 1 is 1.42 bits per heavy atom. The first-order valence-corrected chi connectivity index (χ1v) is 5.75. The molecule has 1 aromatic rings. The number of rotatable bonds is 6. The zero-order valence-electron chi connectivity index (χ0n) is 10.0. The summed E-state index contributed by atoms with van der Waals surface area (Å²) in [5, 5.41) is 15.0. The molecule has 1 aliphatic rings. The van der Waals surface area contributed by atoms with Gasteiger partial charge in [-0.15, -0.1) is 0 Å². The van der Waals surface area contributed by atoms with Gasteiger partial charge in [0.25, 0.3) is 0 Å². The highest BCUT2D eigenvalue weighted by Crippen LogP contribution is 2.25. The molecule has 0 unspecified atom stereocenters. The summed E-state index contributed by atoms with van der Waals surface area (Å²) < 4.78 is 28.2. The molecule has 104 valence electrons. The van der Waals surface area contributed by atoms with Crippen molar-refractivity contribution in [3.05, 3.63) is 24.3 Å². The first-order valence-electron chi connectivity index (χ1n) is 5.75. The number of carbonyl (C=O) groups is 1. The van der Waals surface area contributed by atoms with Crippen molar-refractivity contribution in [1.82, 2.24) is 5.32 Å². The van der Waals surface area contributed by atoms with Crippen LogP contribution in [0.1, 0.15) is 6.42 Å². The predicted octanol–water partition coefficient (Wildman–Crippen LogP) is 1.52. The van der Waals surface area contributed by atoms with Gasteiger partial charge < -0.3 is 20.5 Å². The minimum Gasteiger partial charge on any atom is -0.481 e. The van der Waals surface area contributed by atoms with E-state index in [1.165, 1.54) is 12.1 Å². The highest BCUT2D eigenvalue weighted by molar-refractivity contribution is 5.70. The van der Waals surface area contributed by atoms with Crippen molar-refractivity contribution in [1.29, 1.82) is 0 Å². The van der Waals surface area contributed by atoms with Gasteiger partial charge in [-0.2, -0.15) is 8.78 Å². The number of ether oxygens (including phenoxy) is 1. The van der Waals surface area contributed by atoms with E-state index in [0.29, 0.717) is 18.8 Å². The number of aliphatic carboxylic acids is 1. The Balaban J connectivity index is 2.00. The quantitative estimate of drug-likeness (QED) is 0.732. The molecule has 19 heavy (non-hydrogen) atoms. The van der Waals surface area contributed by atoms with Crippen molar-refractivity contribution in [2.24, 2.45) is 0 Å². The Morgan fingerprint density at radius 3 is 2.47 bits per heavy atom. The molecule has 0 atom stereocenters. The molecule has 7 heteroatoms. The maximum absolute atomic E-state index is 12.0. The fraction of sp³-hybridized carbons (Fsp3) is 0.417. The van der Waals surface area contributed by atoms with E-state index in [1.807, 2.05) is 0 Å². The van der Waals surface area contributed by atoms with Gasteiger partial charge in [0.2, 0.25) is 0 Å². The van der Waals surface area contributed by atoms with E-state index in [1.54, 1.807) is 12.1 Å². The minimum absolute atomic E-state index is 0.00468. The molecule has 0 radical (unpaired) electrons. The van der Waals surface area contributed by atoms with Crippen LogP contribution in [0.15, 0.2) is 24.3 Å². The number of alkyl halides is 2. The van der Waals surface area contributed by atoms with Crippen LogP contribution in [0.3, 0.4) is 0 Å². The third-order valence-corrected chi connectivity index (χ3v) is 2.91. The largest absolute Gasteiger partial charge is 0.481 e. The molecule has 0 amide bonds. The van der Waals surface area contributed by atoms with E-state index in [2.05, 4.69) is 15.4 Å². The lowest BCUT2D eigenvalue weighted by atomic mass is 9.88. The number of benzene rings is 1. The molecular weight excluding hydrogens is 258 g/mol. The van der Waals surface area contributed by atoms with Crippen LogP contribution in [0, 0.1) is 0 Å². The highest BCUT2D eigenvalue weighted by Gasteiger charge is 2.38. The summed E-state index contributed by atoms with van der Waals surface area (Å²) in [5.41, 5.74) is 0.154. The van der Waals surface area contributed by atoms with Crippen molar-refractivity contribution in [2.75, 3.05) is 18.4 Å². The summed E-state index contributed by atoms with van der Waals surface area (Å²) in [4.78, 5) is 10.8. The number of hydrogen-bond acceptors (Lipinski definition) is 4. The van der Waals surface area contributed by atoms with E-state index in [-0.39, 0.29) is 12.2 Å². The summed E-state index contributed by atoms with van der Waals surface area (Å²) in [5.74, 6) is -0.814. The lowest BCUT2D eigenvalue weighted by molar-refractivity contribution is -0.138. The summed E-state index contributed by atoms with van der Waals surface area (Å²) in [7, 11) is 0. The van der Waals surface area contributed by atoms with Crippen LogP contribution in [0.2, 0.25) is 0 Å². The Labute approximate surface area is 108 Å². The number of carboxylic acid groups (broad SMARTS) is 1. The van der Waals surface area contributed by atoms with Gasteiger partial charge in [0.1, 0.15) is 5.75 Å². The number of carboxylic acids is 1. The molecule has 1 heterocycles. The van der Waals surface area contributed by atoms with Crippen molar-refractivity contribution < 1.29 is 23.4 Å². The van der Waals surface area contributed by atoms with Gasteiger partial charge in [0, 0.05) is 18.8 Å². The molecule has 1 saturated heterocycles. The van der Waals surface area contributed by atoms with E-state index in [9.17, 15) is 13.6 Å². The van der Waals surface area contributed by atoms with Gasteiger partial charge in [-0.1, -0.05) is 0 Å². The second-order valence-corrected chi connectivity index (χ2v) is 4.48. The van der Waals surface area contributed by atoms with Gasteiger partial charge in [0.05, 0.1) is 12.0 Å².